The Labute approximate surface area is 271 Å². The predicted molar refractivity (Wildman–Crippen MR) is 176 cm³/mol. The van der Waals surface area contributed by atoms with Crippen molar-refractivity contribution in [1.29, 1.82) is 0 Å². The highest BCUT2D eigenvalue weighted by molar-refractivity contribution is 8.01. The molecule has 1 aliphatic heterocycles. The van der Waals surface area contributed by atoms with Crippen molar-refractivity contribution in [3.05, 3.63) is 82.6 Å². The van der Waals surface area contributed by atoms with Gasteiger partial charge in [0.15, 0.2) is 12.6 Å². The summed E-state index contributed by atoms with van der Waals surface area (Å²) in [6, 6.07) is 13.3. The second-order valence-electron chi connectivity index (χ2n) is 10.9. The first-order valence-electron chi connectivity index (χ1n) is 15.0. The van der Waals surface area contributed by atoms with Crippen molar-refractivity contribution in [2.24, 2.45) is 0 Å². The molecule has 1 heterocycles. The number of anilines is 1. The quantitative estimate of drug-likeness (QED) is 0.194. The molecule has 2 aromatic carbocycles. The van der Waals surface area contributed by atoms with Crippen LogP contribution in [0.1, 0.15) is 64.0 Å². The number of ether oxygens (including phenoxy) is 1. The average molecular weight is 654 g/mol. The number of carboxylic acid groups (broad SMARTS) is 1. The van der Waals surface area contributed by atoms with Crippen LogP contribution < -0.4 is 14.9 Å². The van der Waals surface area contributed by atoms with Gasteiger partial charge in [-0.25, -0.2) is 9.52 Å². The standard InChI is InChI=1S/C33H39N3O7S2/c1-4-6-17-33(18-7-5-2)32(42)36(22-11-9-8-10-12-22)28-25(45-35-33)19-24(30(44-3)29(28)39)43-20-26(38)34-27(31(40)41)21-13-15-23(37)16-14-21/h8-16,19,27,30,35,37H,4-7,17-18,20H2,1-3H3,(H,34,38)(H,40,41)/t27-,30?/m1/s1. The molecule has 10 nitrogen and oxygen atoms in total. The molecule has 0 aromatic heterocycles. The first kappa shape index (κ1) is 34.1. The number of carboxylic acids is 1. The number of nitrogens with zero attached hydrogens (tertiary/aromatic N) is 1. The molecule has 0 saturated carbocycles. The third kappa shape index (κ3) is 7.74. The summed E-state index contributed by atoms with van der Waals surface area (Å²) in [6.45, 7) is 3.63. The van der Waals surface area contributed by atoms with Gasteiger partial charge < -0.3 is 20.3 Å². The zero-order chi connectivity index (χ0) is 32.6. The highest BCUT2D eigenvalue weighted by atomic mass is 32.2. The van der Waals surface area contributed by atoms with E-state index in [0.717, 1.165) is 25.7 Å². The SMILES string of the molecule is CCCCC1(CCCC)NSC2=C(C(=O)C(SC)C(OCC(=O)N[C@@H](C(=O)O)c3ccc(O)cc3)=C2)N(c2ccccc2)C1=O. The molecule has 1 aliphatic carbocycles. The number of hydrogen-bond donors (Lipinski definition) is 4. The smallest absolute Gasteiger partial charge is 0.330 e. The second-order valence-corrected chi connectivity index (χ2v) is 12.7. The zero-order valence-corrected chi connectivity index (χ0v) is 27.2. The second kappa shape index (κ2) is 15.5. The highest BCUT2D eigenvalue weighted by Gasteiger charge is 2.48. The van der Waals surface area contributed by atoms with E-state index >= 15 is 0 Å². The van der Waals surface area contributed by atoms with Gasteiger partial charge in [0.2, 0.25) is 5.78 Å². The molecule has 1 unspecified atom stereocenters. The Morgan fingerprint density at radius 1 is 1.07 bits per heavy atom. The molecule has 0 spiro atoms. The molecule has 2 atom stereocenters. The number of benzene rings is 2. The zero-order valence-electron chi connectivity index (χ0n) is 25.6. The Hall–Kier alpha value is -3.74. The summed E-state index contributed by atoms with van der Waals surface area (Å²) < 4.78 is 9.35. The summed E-state index contributed by atoms with van der Waals surface area (Å²) in [7, 11) is 0. The Bertz CT molecular complexity index is 1450. The van der Waals surface area contributed by atoms with Gasteiger partial charge in [-0.05, 0) is 67.0 Å². The first-order chi connectivity index (χ1) is 21.7. The van der Waals surface area contributed by atoms with Gasteiger partial charge in [0.25, 0.3) is 11.8 Å². The molecule has 4 N–H and O–H groups in total. The van der Waals surface area contributed by atoms with Crippen LogP contribution in [-0.4, -0.2) is 57.4 Å². The van der Waals surface area contributed by atoms with Gasteiger partial charge in [-0.3, -0.25) is 19.3 Å². The van der Waals surface area contributed by atoms with E-state index in [1.807, 2.05) is 30.3 Å². The number of aliphatic carboxylic acids is 1. The number of phenolic OH excluding ortho intramolecular Hbond substituents is 1. The summed E-state index contributed by atoms with van der Waals surface area (Å²) in [5.41, 5.74) is 0.232. The maximum atomic E-state index is 14.6. The molecule has 12 heteroatoms. The molecule has 0 radical (unpaired) electrons. The van der Waals surface area contributed by atoms with Gasteiger partial charge in [0, 0.05) is 5.69 Å². The van der Waals surface area contributed by atoms with Gasteiger partial charge in [0.1, 0.15) is 28.0 Å². The van der Waals surface area contributed by atoms with E-state index in [-0.39, 0.29) is 34.5 Å². The molecular weight excluding hydrogens is 615 g/mol. The number of phenols is 1. The third-order valence-corrected chi connectivity index (χ3v) is 9.68. The number of amides is 2. The number of nitrogens with one attached hydrogen (secondary N) is 2. The lowest BCUT2D eigenvalue weighted by Crippen LogP contribution is -2.55. The number of para-hydroxylation sites is 1. The average Bonchev–Trinajstić information content (AvgIpc) is 3.16. The maximum absolute atomic E-state index is 14.6. The topological polar surface area (TPSA) is 145 Å². The Kier molecular flexibility index (Phi) is 11.8. The van der Waals surface area contributed by atoms with E-state index in [9.17, 15) is 29.4 Å². The van der Waals surface area contributed by atoms with Crippen LogP contribution in [0.15, 0.2) is 77.0 Å². The number of thioether (sulfide) groups is 1. The minimum absolute atomic E-state index is 0.0328. The first-order valence-corrected chi connectivity index (χ1v) is 17.1. The number of allylic oxidation sites excluding steroid dienone is 2. The van der Waals surface area contributed by atoms with Crippen LogP contribution in [0.5, 0.6) is 5.75 Å². The minimum atomic E-state index is -1.36. The number of aromatic hydroxyl groups is 1. The molecule has 0 bridgehead atoms. The maximum Gasteiger partial charge on any atom is 0.330 e. The molecule has 0 saturated heterocycles. The van der Waals surface area contributed by atoms with Crippen molar-refractivity contribution >= 4 is 53.0 Å². The number of hydrogen-bond acceptors (Lipinski definition) is 9. The fraction of sp³-hybridized carbons (Fsp3) is 0.394. The van der Waals surface area contributed by atoms with E-state index in [4.69, 9.17) is 4.74 Å². The Morgan fingerprint density at radius 3 is 2.29 bits per heavy atom. The lowest BCUT2D eigenvalue weighted by Gasteiger charge is -2.36. The van der Waals surface area contributed by atoms with E-state index in [1.54, 1.807) is 17.2 Å². The lowest BCUT2D eigenvalue weighted by atomic mass is 9.86. The van der Waals surface area contributed by atoms with E-state index in [0.29, 0.717) is 23.4 Å². The van der Waals surface area contributed by atoms with Crippen molar-refractivity contribution in [3.63, 3.8) is 0 Å². The van der Waals surface area contributed by atoms with Crippen LogP contribution in [0, 0.1) is 0 Å². The van der Waals surface area contributed by atoms with E-state index in [1.165, 1.54) is 48.0 Å². The molecule has 2 amide bonds. The fourth-order valence-electron chi connectivity index (χ4n) is 5.33. The third-order valence-electron chi connectivity index (χ3n) is 7.74. The highest BCUT2D eigenvalue weighted by Crippen LogP contribution is 2.43. The van der Waals surface area contributed by atoms with Gasteiger partial charge in [-0.1, -0.05) is 69.9 Å². The number of ketones is 1. The summed E-state index contributed by atoms with van der Waals surface area (Å²) in [6.07, 6.45) is 8.15. The van der Waals surface area contributed by atoms with Crippen LogP contribution in [0.25, 0.3) is 0 Å². The predicted octanol–water partition coefficient (Wildman–Crippen LogP) is 5.46. The fourth-order valence-corrected chi connectivity index (χ4v) is 7.08. The van der Waals surface area contributed by atoms with Gasteiger partial charge in [-0.2, -0.15) is 0 Å². The van der Waals surface area contributed by atoms with Crippen molar-refractivity contribution < 1.29 is 34.1 Å². The normalized spacial score (nSPS) is 18.5. The number of Topliss-reactive ketones (excluding diaryl/α,β-unsaturated/α-hetero) is 1. The van der Waals surface area contributed by atoms with Crippen molar-refractivity contribution in [1.82, 2.24) is 10.0 Å². The van der Waals surface area contributed by atoms with Crippen LogP contribution in [-0.2, 0) is 23.9 Å². The molecule has 2 aromatic rings. The van der Waals surface area contributed by atoms with Crippen LogP contribution in [0.3, 0.4) is 0 Å². The number of carbonyl (C=O) groups is 4. The van der Waals surface area contributed by atoms with Crippen LogP contribution >= 0.6 is 23.7 Å². The minimum Gasteiger partial charge on any atom is -0.508 e. The molecular formula is C33H39N3O7S2. The van der Waals surface area contributed by atoms with Crippen molar-refractivity contribution in [3.8, 4) is 5.75 Å². The van der Waals surface area contributed by atoms with Crippen LogP contribution in [0.2, 0.25) is 0 Å². The molecule has 0 fully saturated rings. The number of unbranched alkanes of at least 4 members (excludes halogenated alkanes) is 2. The summed E-state index contributed by atoms with van der Waals surface area (Å²) in [4.78, 5) is 55.6. The van der Waals surface area contributed by atoms with Gasteiger partial charge in [-0.15, -0.1) is 11.8 Å². The largest absolute Gasteiger partial charge is 0.508 e. The molecule has 4 rings (SSSR count). The summed E-state index contributed by atoms with van der Waals surface area (Å²) in [5, 5.41) is 20.8. The monoisotopic (exact) mass is 653 g/mol. The van der Waals surface area contributed by atoms with Crippen molar-refractivity contribution in [2.45, 2.75) is 69.2 Å². The van der Waals surface area contributed by atoms with E-state index in [2.05, 4.69) is 23.9 Å². The summed E-state index contributed by atoms with van der Waals surface area (Å²) >= 11 is 2.45. The Balaban J connectivity index is 1.66. The molecule has 2 aliphatic rings. The summed E-state index contributed by atoms with van der Waals surface area (Å²) in [5.74, 6) is -2.27. The lowest BCUT2D eigenvalue weighted by molar-refractivity contribution is -0.142. The number of rotatable bonds is 14. The van der Waals surface area contributed by atoms with Gasteiger partial charge in [0.05, 0.1) is 4.91 Å². The Morgan fingerprint density at radius 2 is 1.71 bits per heavy atom. The van der Waals surface area contributed by atoms with E-state index < -0.39 is 35.3 Å². The molecule has 45 heavy (non-hydrogen) atoms. The van der Waals surface area contributed by atoms with Crippen LogP contribution in [0.4, 0.5) is 5.69 Å². The number of carbonyl (C=O) groups excluding carboxylic acids is 3. The van der Waals surface area contributed by atoms with Gasteiger partial charge >= 0.3 is 5.97 Å². The molecule has 240 valence electrons. The van der Waals surface area contributed by atoms with Crippen molar-refractivity contribution in [2.75, 3.05) is 17.8 Å².